The highest BCUT2D eigenvalue weighted by Gasteiger charge is 2.34. The lowest BCUT2D eigenvalue weighted by Crippen LogP contribution is -2.51. The van der Waals surface area contributed by atoms with E-state index in [1.807, 2.05) is 52.7 Å². The summed E-state index contributed by atoms with van der Waals surface area (Å²) in [5, 5.41) is 8.38. The number of carbonyl (C=O) groups excluding carboxylic acids is 2. The largest absolute Gasteiger partial charge is 0.337 e. The van der Waals surface area contributed by atoms with Crippen molar-refractivity contribution in [2.24, 2.45) is 0 Å². The van der Waals surface area contributed by atoms with E-state index in [1.54, 1.807) is 0 Å². The van der Waals surface area contributed by atoms with Crippen molar-refractivity contribution in [3.8, 4) is 0 Å². The fourth-order valence-electron chi connectivity index (χ4n) is 3.64. The average molecular weight is 353 g/mol. The molecule has 0 bridgehead atoms. The maximum atomic E-state index is 12.6. The van der Waals surface area contributed by atoms with Crippen molar-refractivity contribution < 1.29 is 9.59 Å². The Kier molecular flexibility index (Phi) is 4.22. The van der Waals surface area contributed by atoms with E-state index in [4.69, 9.17) is 0 Å². The first-order chi connectivity index (χ1) is 12.5. The first-order valence-electron chi connectivity index (χ1n) is 9.06. The molecule has 2 aliphatic rings. The Morgan fingerprint density at radius 2 is 2.08 bits per heavy atom. The summed E-state index contributed by atoms with van der Waals surface area (Å²) in [6.45, 7) is 6.60. The number of carbonyl (C=O) groups is 2. The summed E-state index contributed by atoms with van der Waals surface area (Å²) < 4.78 is 1.82. The molecule has 0 unspecified atom stereocenters. The van der Waals surface area contributed by atoms with Crippen LogP contribution in [0.15, 0.2) is 24.4 Å². The summed E-state index contributed by atoms with van der Waals surface area (Å²) in [5.74, 6) is 0.259. The molecule has 4 rings (SSSR count). The molecule has 26 heavy (non-hydrogen) atoms. The maximum absolute atomic E-state index is 12.6. The van der Waals surface area contributed by atoms with Crippen molar-refractivity contribution in [3.05, 3.63) is 46.8 Å². The van der Waals surface area contributed by atoms with E-state index in [0.717, 1.165) is 35.3 Å². The average Bonchev–Trinajstić information content (AvgIpc) is 3.16. The van der Waals surface area contributed by atoms with Crippen LogP contribution >= 0.6 is 0 Å². The summed E-state index contributed by atoms with van der Waals surface area (Å²) in [5.41, 5.74) is 3.74. The van der Waals surface area contributed by atoms with Gasteiger partial charge in [0.15, 0.2) is 0 Å². The van der Waals surface area contributed by atoms with Gasteiger partial charge in [0.05, 0.1) is 18.8 Å². The molecule has 1 aromatic carbocycles. The van der Waals surface area contributed by atoms with Gasteiger partial charge in [-0.2, -0.15) is 0 Å². The molecule has 7 heteroatoms. The third kappa shape index (κ3) is 3.09. The van der Waals surface area contributed by atoms with Gasteiger partial charge in [-0.05, 0) is 31.9 Å². The van der Waals surface area contributed by atoms with Gasteiger partial charge in [0.1, 0.15) is 5.69 Å². The molecule has 136 valence electrons. The number of aryl methyl sites for hydroxylation is 2. The molecule has 0 radical (unpaired) electrons. The van der Waals surface area contributed by atoms with Gasteiger partial charge in [0, 0.05) is 31.6 Å². The van der Waals surface area contributed by atoms with Gasteiger partial charge in [-0.3, -0.25) is 9.59 Å². The molecule has 0 saturated carbocycles. The molecule has 3 heterocycles. The Bertz CT molecular complexity index is 853. The quantitative estimate of drug-likeness (QED) is 0.839. The number of hydrogen-bond acceptors (Lipinski definition) is 4. The van der Waals surface area contributed by atoms with Crippen molar-refractivity contribution in [1.29, 1.82) is 0 Å². The zero-order valence-electron chi connectivity index (χ0n) is 15.2. The fourth-order valence-corrected chi connectivity index (χ4v) is 3.64. The number of hydrogen-bond donors (Lipinski definition) is 0. The van der Waals surface area contributed by atoms with Crippen molar-refractivity contribution >= 4 is 11.8 Å². The van der Waals surface area contributed by atoms with Crippen molar-refractivity contribution in [1.82, 2.24) is 24.8 Å². The van der Waals surface area contributed by atoms with E-state index in [9.17, 15) is 9.59 Å². The third-order valence-electron chi connectivity index (χ3n) is 5.22. The summed E-state index contributed by atoms with van der Waals surface area (Å²) in [6, 6.07) is 6.07. The molecule has 2 aromatic rings. The molecule has 2 aliphatic heterocycles. The van der Waals surface area contributed by atoms with Crippen LogP contribution in [-0.4, -0.2) is 56.2 Å². The van der Waals surface area contributed by atoms with E-state index >= 15 is 0 Å². The fraction of sp³-hybridized carbons (Fsp3) is 0.474. The number of aromatic nitrogens is 3. The second-order valence-electron chi connectivity index (χ2n) is 7.29. The Balaban J connectivity index is 1.36. The first kappa shape index (κ1) is 16.8. The Hall–Kier alpha value is -2.70. The number of amides is 2. The van der Waals surface area contributed by atoms with Gasteiger partial charge >= 0.3 is 0 Å². The van der Waals surface area contributed by atoms with E-state index < -0.39 is 0 Å². The second kappa shape index (κ2) is 6.55. The Morgan fingerprint density at radius 1 is 1.27 bits per heavy atom. The molecule has 0 atom stereocenters. The van der Waals surface area contributed by atoms with Gasteiger partial charge in [-0.25, -0.2) is 4.68 Å². The van der Waals surface area contributed by atoms with Crippen LogP contribution in [0, 0.1) is 13.8 Å². The van der Waals surface area contributed by atoms with Crippen LogP contribution < -0.4 is 0 Å². The molecule has 0 N–H and O–H groups in total. The lowest BCUT2D eigenvalue weighted by molar-refractivity contribution is -0.128. The molecule has 2 amide bonds. The van der Waals surface area contributed by atoms with Crippen LogP contribution in [0.5, 0.6) is 0 Å². The molecule has 2 fully saturated rings. The highest BCUT2D eigenvalue weighted by Crippen LogP contribution is 2.24. The SMILES string of the molecule is Cc1ccc(C(=O)N2CC(n3cc(CN4CCCC4=O)nn3)C2)c(C)c1. The lowest BCUT2D eigenvalue weighted by Gasteiger charge is -2.39. The minimum Gasteiger partial charge on any atom is -0.337 e. The molecular formula is C19H23N5O2. The predicted molar refractivity (Wildman–Crippen MR) is 95.5 cm³/mol. The summed E-state index contributed by atoms with van der Waals surface area (Å²) in [7, 11) is 0. The monoisotopic (exact) mass is 353 g/mol. The summed E-state index contributed by atoms with van der Waals surface area (Å²) >= 11 is 0. The van der Waals surface area contributed by atoms with E-state index in [-0.39, 0.29) is 17.9 Å². The smallest absolute Gasteiger partial charge is 0.254 e. The number of benzene rings is 1. The van der Waals surface area contributed by atoms with Crippen molar-refractivity contribution in [2.45, 2.75) is 39.3 Å². The third-order valence-corrected chi connectivity index (χ3v) is 5.22. The molecule has 7 nitrogen and oxygen atoms in total. The zero-order chi connectivity index (χ0) is 18.3. The molecule has 0 spiro atoms. The lowest BCUT2D eigenvalue weighted by atomic mass is 10.0. The number of rotatable bonds is 4. The van der Waals surface area contributed by atoms with Crippen molar-refractivity contribution in [3.63, 3.8) is 0 Å². The molecule has 0 aliphatic carbocycles. The Labute approximate surface area is 152 Å². The Morgan fingerprint density at radius 3 is 2.77 bits per heavy atom. The van der Waals surface area contributed by atoms with Crippen molar-refractivity contribution in [2.75, 3.05) is 19.6 Å². The van der Waals surface area contributed by atoms with Crippen LogP contribution in [0.2, 0.25) is 0 Å². The highest BCUT2D eigenvalue weighted by molar-refractivity contribution is 5.96. The van der Waals surface area contributed by atoms with E-state index in [1.165, 1.54) is 0 Å². The maximum Gasteiger partial charge on any atom is 0.254 e. The van der Waals surface area contributed by atoms with Gasteiger partial charge in [0.25, 0.3) is 5.91 Å². The molecule has 2 saturated heterocycles. The standard InChI is InChI=1S/C19H23N5O2/c1-13-5-6-17(14(2)8-13)19(26)23-11-16(12-23)24-10-15(20-21-24)9-22-7-3-4-18(22)25/h5-6,8,10,16H,3-4,7,9,11-12H2,1-2H3. The minimum absolute atomic E-state index is 0.0711. The van der Waals surface area contributed by atoms with E-state index in [2.05, 4.69) is 10.3 Å². The minimum atomic E-state index is 0.0711. The second-order valence-corrected chi connectivity index (χ2v) is 7.29. The first-order valence-corrected chi connectivity index (χ1v) is 9.06. The highest BCUT2D eigenvalue weighted by atomic mass is 16.2. The molecular weight excluding hydrogens is 330 g/mol. The van der Waals surface area contributed by atoms with E-state index in [0.29, 0.717) is 26.1 Å². The number of likely N-dealkylation sites (tertiary alicyclic amines) is 2. The van der Waals surface area contributed by atoms with Gasteiger partial charge in [-0.15, -0.1) is 5.10 Å². The summed E-state index contributed by atoms with van der Waals surface area (Å²) in [6.07, 6.45) is 3.45. The zero-order valence-corrected chi connectivity index (χ0v) is 15.2. The van der Waals surface area contributed by atoms with Crippen LogP contribution in [0.1, 0.15) is 46.1 Å². The van der Waals surface area contributed by atoms with Crippen LogP contribution in [-0.2, 0) is 11.3 Å². The topological polar surface area (TPSA) is 71.3 Å². The predicted octanol–water partition coefficient (Wildman–Crippen LogP) is 1.71. The molecule has 1 aromatic heterocycles. The number of nitrogens with zero attached hydrogens (tertiary/aromatic N) is 5. The van der Waals surface area contributed by atoms with Crippen LogP contribution in [0.4, 0.5) is 0 Å². The van der Waals surface area contributed by atoms with Crippen LogP contribution in [0.25, 0.3) is 0 Å². The normalized spacial score (nSPS) is 17.7. The van der Waals surface area contributed by atoms with Gasteiger partial charge < -0.3 is 9.80 Å². The van der Waals surface area contributed by atoms with Crippen LogP contribution in [0.3, 0.4) is 0 Å². The van der Waals surface area contributed by atoms with Gasteiger partial charge in [0.2, 0.25) is 5.91 Å². The van der Waals surface area contributed by atoms with Gasteiger partial charge in [-0.1, -0.05) is 22.9 Å². The summed E-state index contributed by atoms with van der Waals surface area (Å²) in [4.78, 5) is 28.0.